The van der Waals surface area contributed by atoms with Gasteiger partial charge < -0.3 is 14.3 Å². The van der Waals surface area contributed by atoms with Crippen LogP contribution in [0.1, 0.15) is 27.1 Å². The van der Waals surface area contributed by atoms with Crippen molar-refractivity contribution in [1.29, 1.82) is 0 Å². The highest BCUT2D eigenvalue weighted by molar-refractivity contribution is 6.32. The third kappa shape index (κ3) is 2.31. The van der Waals surface area contributed by atoms with Crippen molar-refractivity contribution in [2.45, 2.75) is 13.0 Å². The number of para-hydroxylation sites is 1. The number of hydrogen-bond acceptors (Lipinski definition) is 4. The third-order valence-corrected chi connectivity index (χ3v) is 5.38. The van der Waals surface area contributed by atoms with Crippen molar-refractivity contribution in [2.24, 2.45) is 0 Å². The van der Waals surface area contributed by atoms with Crippen LogP contribution in [-0.2, 0) is 6.54 Å². The van der Waals surface area contributed by atoms with Gasteiger partial charge in [0.2, 0.25) is 0 Å². The molecule has 0 saturated heterocycles. The molecule has 0 fully saturated rings. The normalized spacial score (nSPS) is 13.5. The predicted octanol–water partition coefficient (Wildman–Crippen LogP) is 3.55. The molecular formula is C22H19N3O3. The first kappa shape index (κ1) is 16.8. The maximum atomic E-state index is 12.8. The van der Waals surface area contributed by atoms with Gasteiger partial charge in [-0.15, -0.1) is 0 Å². The standard InChI is InChI=1S/C22H19N3O3/c1-23-8-4-9-25-16-6-3-2-5-14(16)18-17(25)11-15(13-7-10-28-12-13)19-20(18)22(27)24-21(19)26/h2-3,5-7,10-12,23H,4,8-9H2,1H3,(H,24,26,27). The van der Waals surface area contributed by atoms with Crippen LogP contribution in [0.15, 0.2) is 53.3 Å². The summed E-state index contributed by atoms with van der Waals surface area (Å²) < 4.78 is 7.48. The molecule has 6 heteroatoms. The average molecular weight is 373 g/mol. The van der Waals surface area contributed by atoms with Crippen molar-refractivity contribution in [3.63, 3.8) is 0 Å². The number of hydrogen-bond donors (Lipinski definition) is 2. The van der Waals surface area contributed by atoms with Gasteiger partial charge in [-0.3, -0.25) is 14.9 Å². The van der Waals surface area contributed by atoms with Gasteiger partial charge in [-0.05, 0) is 38.2 Å². The molecule has 6 nitrogen and oxygen atoms in total. The van der Waals surface area contributed by atoms with Gasteiger partial charge in [0.1, 0.15) is 0 Å². The molecule has 3 heterocycles. The molecule has 2 N–H and O–H groups in total. The molecule has 0 aliphatic carbocycles. The zero-order chi connectivity index (χ0) is 19.3. The lowest BCUT2D eigenvalue weighted by atomic mass is 9.94. The van der Waals surface area contributed by atoms with E-state index >= 15 is 0 Å². The van der Waals surface area contributed by atoms with Crippen molar-refractivity contribution >= 4 is 33.6 Å². The summed E-state index contributed by atoms with van der Waals surface area (Å²) in [7, 11) is 1.94. The quantitative estimate of drug-likeness (QED) is 0.414. The molecule has 140 valence electrons. The molecule has 1 aliphatic heterocycles. The fourth-order valence-electron chi connectivity index (χ4n) is 4.20. The van der Waals surface area contributed by atoms with E-state index in [0.717, 1.165) is 52.4 Å². The molecule has 1 aliphatic rings. The van der Waals surface area contributed by atoms with Crippen LogP contribution in [0.2, 0.25) is 0 Å². The topological polar surface area (TPSA) is 76.3 Å². The van der Waals surface area contributed by atoms with E-state index in [1.807, 2.05) is 37.4 Å². The minimum Gasteiger partial charge on any atom is -0.472 e. The number of carbonyl (C=O) groups is 2. The number of benzene rings is 2. The van der Waals surface area contributed by atoms with Gasteiger partial charge in [0.05, 0.1) is 29.2 Å². The van der Waals surface area contributed by atoms with Crippen LogP contribution >= 0.6 is 0 Å². The number of amides is 2. The van der Waals surface area contributed by atoms with Gasteiger partial charge in [0.15, 0.2) is 0 Å². The van der Waals surface area contributed by atoms with Crippen molar-refractivity contribution in [3.05, 3.63) is 60.1 Å². The summed E-state index contributed by atoms with van der Waals surface area (Å²) >= 11 is 0. The molecule has 2 aromatic carbocycles. The number of aryl methyl sites for hydroxylation is 1. The smallest absolute Gasteiger partial charge is 0.259 e. The molecule has 0 atom stereocenters. The number of nitrogens with zero attached hydrogens (tertiary/aromatic N) is 1. The lowest BCUT2D eigenvalue weighted by Gasteiger charge is -2.10. The first-order valence-electron chi connectivity index (χ1n) is 9.31. The zero-order valence-electron chi connectivity index (χ0n) is 15.4. The van der Waals surface area contributed by atoms with Gasteiger partial charge in [-0.1, -0.05) is 18.2 Å². The lowest BCUT2D eigenvalue weighted by Crippen LogP contribution is -2.20. The second-order valence-corrected chi connectivity index (χ2v) is 6.99. The molecule has 0 saturated carbocycles. The molecule has 5 rings (SSSR count). The molecule has 4 aromatic rings. The Morgan fingerprint density at radius 3 is 2.68 bits per heavy atom. The van der Waals surface area contributed by atoms with E-state index in [1.165, 1.54) is 0 Å². The van der Waals surface area contributed by atoms with E-state index in [0.29, 0.717) is 11.1 Å². The summed E-state index contributed by atoms with van der Waals surface area (Å²) in [6.07, 6.45) is 4.13. The Kier molecular flexibility index (Phi) is 3.80. The van der Waals surface area contributed by atoms with E-state index < -0.39 is 0 Å². The Morgan fingerprint density at radius 2 is 1.89 bits per heavy atom. The van der Waals surface area contributed by atoms with Gasteiger partial charge in [-0.25, -0.2) is 0 Å². The van der Waals surface area contributed by atoms with E-state index in [1.54, 1.807) is 12.5 Å². The van der Waals surface area contributed by atoms with E-state index in [2.05, 4.69) is 21.3 Å². The monoisotopic (exact) mass is 373 g/mol. The Bertz CT molecular complexity index is 1240. The van der Waals surface area contributed by atoms with Crippen LogP contribution in [-0.4, -0.2) is 30.0 Å². The van der Waals surface area contributed by atoms with Crippen LogP contribution in [0.5, 0.6) is 0 Å². The number of rotatable bonds is 5. The average Bonchev–Trinajstić information content (AvgIpc) is 3.40. The number of imide groups is 1. The van der Waals surface area contributed by atoms with Gasteiger partial charge in [0.25, 0.3) is 11.8 Å². The van der Waals surface area contributed by atoms with E-state index in [9.17, 15) is 9.59 Å². The predicted molar refractivity (Wildman–Crippen MR) is 107 cm³/mol. The SMILES string of the molecule is CNCCCn1c2ccccc2c2c3c(c(-c4ccoc4)cc21)C(=O)NC3=O. The molecule has 2 amide bonds. The number of aromatic nitrogens is 1. The molecule has 0 radical (unpaired) electrons. The zero-order valence-corrected chi connectivity index (χ0v) is 15.4. The molecule has 0 unspecified atom stereocenters. The second kappa shape index (κ2) is 6.35. The Morgan fingerprint density at radius 1 is 1.07 bits per heavy atom. The minimum atomic E-state index is -0.356. The molecule has 2 aromatic heterocycles. The Labute approximate surface area is 161 Å². The Hall–Kier alpha value is -3.38. The first-order valence-corrected chi connectivity index (χ1v) is 9.31. The number of fused-ring (bicyclic) bond motifs is 5. The second-order valence-electron chi connectivity index (χ2n) is 6.99. The summed E-state index contributed by atoms with van der Waals surface area (Å²) in [6, 6.07) is 11.9. The van der Waals surface area contributed by atoms with Gasteiger partial charge in [-0.2, -0.15) is 0 Å². The minimum absolute atomic E-state index is 0.339. The summed E-state index contributed by atoms with van der Waals surface area (Å²) in [6.45, 7) is 1.70. The summed E-state index contributed by atoms with van der Waals surface area (Å²) in [5.74, 6) is -0.696. The third-order valence-electron chi connectivity index (χ3n) is 5.38. The van der Waals surface area contributed by atoms with Crippen LogP contribution in [0, 0.1) is 0 Å². The highest BCUT2D eigenvalue weighted by Gasteiger charge is 2.34. The highest BCUT2D eigenvalue weighted by Crippen LogP contribution is 2.40. The number of furan rings is 1. The Balaban J connectivity index is 1.90. The van der Waals surface area contributed by atoms with E-state index in [-0.39, 0.29) is 11.8 Å². The molecule has 0 spiro atoms. The molecule has 0 bridgehead atoms. The van der Waals surface area contributed by atoms with Gasteiger partial charge >= 0.3 is 0 Å². The van der Waals surface area contributed by atoms with Crippen molar-refractivity contribution < 1.29 is 14.0 Å². The first-order chi connectivity index (χ1) is 13.7. The fourth-order valence-corrected chi connectivity index (χ4v) is 4.20. The maximum Gasteiger partial charge on any atom is 0.259 e. The molecular weight excluding hydrogens is 354 g/mol. The lowest BCUT2D eigenvalue weighted by molar-refractivity contribution is 0.0880. The summed E-state index contributed by atoms with van der Waals surface area (Å²) in [5.41, 5.74) is 4.41. The summed E-state index contributed by atoms with van der Waals surface area (Å²) in [5, 5.41) is 7.48. The van der Waals surface area contributed by atoms with E-state index in [4.69, 9.17) is 4.42 Å². The van der Waals surface area contributed by atoms with Gasteiger partial charge in [0, 0.05) is 34.0 Å². The molecule has 28 heavy (non-hydrogen) atoms. The highest BCUT2D eigenvalue weighted by atomic mass is 16.3. The fraction of sp³-hybridized carbons (Fsp3) is 0.182. The largest absolute Gasteiger partial charge is 0.472 e. The van der Waals surface area contributed by atoms with Crippen LogP contribution < -0.4 is 10.6 Å². The van der Waals surface area contributed by atoms with Crippen LogP contribution in [0.25, 0.3) is 32.9 Å². The summed E-state index contributed by atoms with van der Waals surface area (Å²) in [4.78, 5) is 25.4. The van der Waals surface area contributed by atoms with Crippen LogP contribution in [0.3, 0.4) is 0 Å². The van der Waals surface area contributed by atoms with Crippen molar-refractivity contribution in [1.82, 2.24) is 15.2 Å². The maximum absolute atomic E-state index is 12.8. The van der Waals surface area contributed by atoms with Crippen LogP contribution in [0.4, 0.5) is 0 Å². The number of carbonyl (C=O) groups excluding carboxylic acids is 2. The number of nitrogens with one attached hydrogen (secondary N) is 2. The van der Waals surface area contributed by atoms with Crippen molar-refractivity contribution in [2.75, 3.05) is 13.6 Å². The van der Waals surface area contributed by atoms with Crippen molar-refractivity contribution in [3.8, 4) is 11.1 Å².